The van der Waals surface area contributed by atoms with E-state index in [4.69, 9.17) is 0 Å². The van der Waals surface area contributed by atoms with E-state index in [9.17, 15) is 0 Å². The molecule has 0 aliphatic rings. The number of hydrogen-bond acceptors (Lipinski definition) is 3. The second-order valence-electron chi connectivity index (χ2n) is 4.82. The van der Waals surface area contributed by atoms with Crippen molar-refractivity contribution in [2.45, 2.75) is 39.8 Å². The largest absolute Gasteiger partial charge is 0.302 e. The third kappa shape index (κ3) is 2.98. The molecule has 2 rings (SSSR count). The molecule has 0 bridgehead atoms. The fourth-order valence-electron chi connectivity index (χ4n) is 2.02. The van der Waals surface area contributed by atoms with E-state index >= 15 is 0 Å². The molecule has 1 N–H and O–H groups in total. The minimum Gasteiger partial charge on any atom is -0.302 e. The molecule has 2 nitrogen and oxygen atoms in total. The fourth-order valence-corrected chi connectivity index (χ4v) is 2.68. The van der Waals surface area contributed by atoms with E-state index in [1.54, 1.807) is 11.3 Å². The van der Waals surface area contributed by atoms with Crippen LogP contribution >= 0.6 is 11.3 Å². The van der Waals surface area contributed by atoms with E-state index in [1.807, 2.05) is 11.6 Å². The molecule has 0 spiro atoms. The molecule has 3 heteroatoms. The molecule has 2 unspecified atom stereocenters. The Labute approximate surface area is 113 Å². The first-order chi connectivity index (χ1) is 8.58. The molecule has 0 aliphatic carbocycles. The van der Waals surface area contributed by atoms with Gasteiger partial charge in [0.2, 0.25) is 0 Å². The first kappa shape index (κ1) is 13.2. The van der Waals surface area contributed by atoms with E-state index < -0.39 is 0 Å². The quantitative estimate of drug-likeness (QED) is 0.892. The summed E-state index contributed by atoms with van der Waals surface area (Å²) in [6.45, 7) is 8.68. The first-order valence-electron chi connectivity index (χ1n) is 6.30. The zero-order chi connectivity index (χ0) is 13.1. The van der Waals surface area contributed by atoms with Crippen molar-refractivity contribution in [1.29, 1.82) is 0 Å². The summed E-state index contributed by atoms with van der Waals surface area (Å²) in [5.41, 5.74) is 4.03. The van der Waals surface area contributed by atoms with E-state index in [2.05, 4.69) is 56.2 Å². The van der Waals surface area contributed by atoms with Crippen LogP contribution in [0.3, 0.4) is 0 Å². The Hall–Kier alpha value is -1.19. The predicted octanol–water partition coefficient (Wildman–Crippen LogP) is 4.17. The number of benzene rings is 1. The topological polar surface area (TPSA) is 24.9 Å². The van der Waals surface area contributed by atoms with Gasteiger partial charge in [-0.1, -0.05) is 18.2 Å². The molecule has 18 heavy (non-hydrogen) atoms. The maximum Gasteiger partial charge on any atom is 0.109 e. The zero-order valence-corrected chi connectivity index (χ0v) is 12.2. The lowest BCUT2D eigenvalue weighted by Gasteiger charge is -2.19. The van der Waals surface area contributed by atoms with Crippen molar-refractivity contribution < 1.29 is 0 Å². The van der Waals surface area contributed by atoms with E-state index in [0.717, 1.165) is 5.01 Å². The summed E-state index contributed by atoms with van der Waals surface area (Å²) in [5, 5.41) is 6.76. The third-order valence-electron chi connectivity index (χ3n) is 3.35. The molecule has 0 amide bonds. The maximum absolute atomic E-state index is 4.35. The Morgan fingerprint density at radius 2 is 1.89 bits per heavy atom. The molecule has 0 radical (unpaired) electrons. The maximum atomic E-state index is 4.35. The van der Waals surface area contributed by atoms with Gasteiger partial charge in [0.15, 0.2) is 0 Å². The number of rotatable bonds is 4. The van der Waals surface area contributed by atoms with Gasteiger partial charge in [-0.3, -0.25) is 0 Å². The smallest absolute Gasteiger partial charge is 0.109 e. The Balaban J connectivity index is 2.07. The highest BCUT2D eigenvalue weighted by Crippen LogP contribution is 2.22. The van der Waals surface area contributed by atoms with Crippen LogP contribution in [0.2, 0.25) is 0 Å². The van der Waals surface area contributed by atoms with Crippen LogP contribution in [-0.4, -0.2) is 4.98 Å². The number of aryl methyl sites for hydroxylation is 2. The van der Waals surface area contributed by atoms with Crippen LogP contribution in [0.4, 0.5) is 0 Å². The van der Waals surface area contributed by atoms with Gasteiger partial charge in [0, 0.05) is 17.6 Å². The molecule has 0 saturated carbocycles. The normalized spacial score (nSPS) is 14.4. The van der Waals surface area contributed by atoms with Gasteiger partial charge < -0.3 is 5.32 Å². The summed E-state index contributed by atoms with van der Waals surface area (Å²) >= 11 is 1.70. The molecule has 0 fully saturated rings. The van der Waals surface area contributed by atoms with E-state index in [1.165, 1.54) is 16.7 Å². The van der Waals surface area contributed by atoms with Crippen molar-refractivity contribution in [3.05, 3.63) is 51.5 Å². The summed E-state index contributed by atoms with van der Waals surface area (Å²) in [7, 11) is 0. The molecule has 1 aromatic heterocycles. The van der Waals surface area contributed by atoms with Gasteiger partial charge >= 0.3 is 0 Å². The average molecular weight is 260 g/mol. The minimum atomic E-state index is 0.293. The van der Waals surface area contributed by atoms with Crippen molar-refractivity contribution in [2.75, 3.05) is 0 Å². The second kappa shape index (κ2) is 5.63. The van der Waals surface area contributed by atoms with Crippen LogP contribution in [-0.2, 0) is 0 Å². The highest BCUT2D eigenvalue weighted by atomic mass is 32.1. The van der Waals surface area contributed by atoms with Crippen molar-refractivity contribution in [2.24, 2.45) is 0 Å². The number of nitrogens with one attached hydrogen (secondary N) is 1. The molecule has 96 valence electrons. The van der Waals surface area contributed by atoms with E-state index in [0.29, 0.717) is 12.1 Å². The van der Waals surface area contributed by atoms with Gasteiger partial charge in [-0.2, -0.15) is 0 Å². The van der Waals surface area contributed by atoms with Crippen LogP contribution in [0.5, 0.6) is 0 Å². The van der Waals surface area contributed by atoms with Crippen LogP contribution in [0.1, 0.15) is 47.6 Å². The summed E-state index contributed by atoms with van der Waals surface area (Å²) in [5.74, 6) is 0. The predicted molar refractivity (Wildman–Crippen MR) is 78.0 cm³/mol. The Morgan fingerprint density at radius 3 is 2.50 bits per heavy atom. The van der Waals surface area contributed by atoms with Gasteiger partial charge in [0.25, 0.3) is 0 Å². The molecular weight excluding hydrogens is 240 g/mol. The Kier molecular flexibility index (Phi) is 4.15. The van der Waals surface area contributed by atoms with Crippen LogP contribution in [0, 0.1) is 13.8 Å². The van der Waals surface area contributed by atoms with Crippen LogP contribution in [0.25, 0.3) is 0 Å². The van der Waals surface area contributed by atoms with Crippen molar-refractivity contribution in [1.82, 2.24) is 10.3 Å². The number of nitrogens with zero attached hydrogens (tertiary/aromatic N) is 1. The molecule has 2 atom stereocenters. The molecule has 1 aromatic carbocycles. The summed E-state index contributed by atoms with van der Waals surface area (Å²) in [6.07, 6.45) is 1.86. The first-order valence-corrected chi connectivity index (χ1v) is 7.18. The molecule has 0 aliphatic heterocycles. The summed E-state index contributed by atoms with van der Waals surface area (Å²) in [6, 6.07) is 7.29. The standard InChI is InChI=1S/C15H20N2S/c1-10-5-6-14(9-11(10)2)12(3)17-13(4)15-16-7-8-18-15/h5-9,12-13,17H,1-4H3. The fraction of sp³-hybridized carbons (Fsp3) is 0.400. The summed E-state index contributed by atoms with van der Waals surface area (Å²) in [4.78, 5) is 4.35. The van der Waals surface area contributed by atoms with Crippen LogP contribution in [0.15, 0.2) is 29.8 Å². The third-order valence-corrected chi connectivity index (χ3v) is 4.31. The number of hydrogen-bond donors (Lipinski definition) is 1. The lowest BCUT2D eigenvalue weighted by atomic mass is 10.0. The number of aromatic nitrogens is 1. The van der Waals surface area contributed by atoms with E-state index in [-0.39, 0.29) is 0 Å². The minimum absolute atomic E-state index is 0.293. The molecule has 2 aromatic rings. The number of thiazole rings is 1. The molecular formula is C15H20N2S. The lowest BCUT2D eigenvalue weighted by Crippen LogP contribution is -2.22. The highest BCUT2D eigenvalue weighted by Gasteiger charge is 2.13. The zero-order valence-electron chi connectivity index (χ0n) is 11.4. The Bertz CT molecular complexity index is 505. The van der Waals surface area contributed by atoms with Crippen molar-refractivity contribution in [3.8, 4) is 0 Å². The van der Waals surface area contributed by atoms with Gasteiger partial charge in [0.1, 0.15) is 5.01 Å². The molecule has 0 saturated heterocycles. The van der Waals surface area contributed by atoms with Gasteiger partial charge in [-0.15, -0.1) is 11.3 Å². The van der Waals surface area contributed by atoms with Crippen molar-refractivity contribution >= 4 is 11.3 Å². The SMILES string of the molecule is Cc1ccc(C(C)NC(C)c2nccs2)cc1C. The Morgan fingerprint density at radius 1 is 1.11 bits per heavy atom. The van der Waals surface area contributed by atoms with Gasteiger partial charge in [0.05, 0.1) is 6.04 Å². The summed E-state index contributed by atoms with van der Waals surface area (Å²) < 4.78 is 0. The lowest BCUT2D eigenvalue weighted by molar-refractivity contribution is 0.493. The highest BCUT2D eigenvalue weighted by molar-refractivity contribution is 7.09. The van der Waals surface area contributed by atoms with Crippen molar-refractivity contribution in [3.63, 3.8) is 0 Å². The van der Waals surface area contributed by atoms with Crippen LogP contribution < -0.4 is 5.32 Å². The average Bonchev–Trinajstić information content (AvgIpc) is 2.86. The van der Waals surface area contributed by atoms with Gasteiger partial charge in [-0.25, -0.2) is 4.98 Å². The van der Waals surface area contributed by atoms with Gasteiger partial charge in [-0.05, 0) is 44.4 Å². The molecule has 1 heterocycles. The second-order valence-corrected chi connectivity index (χ2v) is 5.75. The monoisotopic (exact) mass is 260 g/mol.